The van der Waals surface area contributed by atoms with Gasteiger partial charge >= 0.3 is 0 Å². The lowest BCUT2D eigenvalue weighted by atomic mass is 9.84. The van der Waals surface area contributed by atoms with Crippen LogP contribution >= 0.6 is 0 Å². The van der Waals surface area contributed by atoms with Crippen molar-refractivity contribution in [3.05, 3.63) is 29.8 Å². The summed E-state index contributed by atoms with van der Waals surface area (Å²) >= 11 is 0. The van der Waals surface area contributed by atoms with Crippen LogP contribution in [0.3, 0.4) is 0 Å². The maximum absolute atomic E-state index is 11.6. The fourth-order valence-corrected chi connectivity index (χ4v) is 4.58. The van der Waals surface area contributed by atoms with Crippen LogP contribution < -0.4 is 0 Å². The van der Waals surface area contributed by atoms with Gasteiger partial charge in [-0.15, -0.1) is 0 Å². The lowest BCUT2D eigenvalue weighted by Gasteiger charge is -2.52. The van der Waals surface area contributed by atoms with E-state index in [1.54, 1.807) is 12.1 Å². The zero-order chi connectivity index (χ0) is 17.4. The maximum Gasteiger partial charge on any atom is 0.175 e. The second-order valence-corrected chi connectivity index (χ2v) is 9.59. The van der Waals surface area contributed by atoms with Crippen molar-refractivity contribution in [3.63, 3.8) is 0 Å². The summed E-state index contributed by atoms with van der Waals surface area (Å²) < 4.78 is 23.2. The summed E-state index contributed by atoms with van der Waals surface area (Å²) in [6.45, 7) is 6.51. The van der Waals surface area contributed by atoms with Crippen molar-refractivity contribution in [2.45, 2.75) is 29.8 Å². The molecule has 6 heteroatoms. The van der Waals surface area contributed by atoms with Gasteiger partial charge in [-0.2, -0.15) is 0 Å². The van der Waals surface area contributed by atoms with Crippen LogP contribution in [0.2, 0.25) is 0 Å². The van der Waals surface area contributed by atoms with Crippen molar-refractivity contribution < 1.29 is 8.42 Å². The summed E-state index contributed by atoms with van der Waals surface area (Å²) in [5.41, 5.74) is 1.49. The van der Waals surface area contributed by atoms with E-state index >= 15 is 0 Å². The summed E-state index contributed by atoms with van der Waals surface area (Å²) in [5, 5.41) is 0. The van der Waals surface area contributed by atoms with Crippen LogP contribution in [0.4, 0.5) is 0 Å². The number of likely N-dealkylation sites (tertiary alicyclic amines) is 1. The summed E-state index contributed by atoms with van der Waals surface area (Å²) in [6.07, 6.45) is 3.71. The first-order valence-electron chi connectivity index (χ1n) is 8.70. The normalized spacial score (nSPS) is 23.6. The first kappa shape index (κ1) is 17.9. The highest BCUT2D eigenvalue weighted by molar-refractivity contribution is 7.90. The predicted molar refractivity (Wildman–Crippen MR) is 96.9 cm³/mol. The first-order valence-corrected chi connectivity index (χ1v) is 10.6. The highest BCUT2D eigenvalue weighted by atomic mass is 32.2. The van der Waals surface area contributed by atoms with E-state index in [0.29, 0.717) is 10.4 Å². The average molecular weight is 352 g/mol. The van der Waals surface area contributed by atoms with Gasteiger partial charge in [0, 0.05) is 38.0 Å². The van der Waals surface area contributed by atoms with Crippen LogP contribution in [0.1, 0.15) is 18.4 Å². The Morgan fingerprint density at radius 3 is 2.21 bits per heavy atom. The van der Waals surface area contributed by atoms with Gasteiger partial charge in [-0.3, -0.25) is 9.80 Å². The minimum absolute atomic E-state index is 0.303. The van der Waals surface area contributed by atoms with Crippen molar-refractivity contribution >= 4 is 9.84 Å². The summed E-state index contributed by atoms with van der Waals surface area (Å²) in [7, 11) is 1.36. The van der Waals surface area contributed by atoms with E-state index in [4.69, 9.17) is 0 Å². The van der Waals surface area contributed by atoms with Gasteiger partial charge in [0.15, 0.2) is 9.84 Å². The third-order valence-electron chi connectivity index (χ3n) is 5.75. The summed E-state index contributed by atoms with van der Waals surface area (Å²) in [5.74, 6) is 0. The number of piperidine rings is 1. The number of piperazine rings is 1. The van der Waals surface area contributed by atoms with Crippen molar-refractivity contribution in [2.75, 3.05) is 53.1 Å². The molecule has 0 saturated carbocycles. The zero-order valence-electron chi connectivity index (χ0n) is 15.0. The Hall–Kier alpha value is -0.950. The standard InChI is InChI=1S/C18H29N3O2S/c1-19-10-8-18(9-11-19)15-21(13-12-20(18)2)14-16-4-6-17(7-5-16)24(3,22)23/h4-7H,8-15H2,1-3H3. The van der Waals surface area contributed by atoms with Gasteiger partial charge in [-0.25, -0.2) is 8.42 Å². The molecule has 1 spiro atoms. The largest absolute Gasteiger partial charge is 0.306 e. The van der Waals surface area contributed by atoms with Crippen LogP contribution in [0.5, 0.6) is 0 Å². The molecule has 0 amide bonds. The molecule has 24 heavy (non-hydrogen) atoms. The van der Waals surface area contributed by atoms with Gasteiger partial charge in [0.05, 0.1) is 4.90 Å². The lowest BCUT2D eigenvalue weighted by Crippen LogP contribution is -2.63. The molecule has 0 N–H and O–H groups in total. The summed E-state index contributed by atoms with van der Waals surface area (Å²) in [4.78, 5) is 7.91. The molecule has 0 bridgehead atoms. The molecule has 2 fully saturated rings. The van der Waals surface area contributed by atoms with Gasteiger partial charge in [0.1, 0.15) is 0 Å². The van der Waals surface area contributed by atoms with Crippen molar-refractivity contribution in [1.29, 1.82) is 0 Å². The van der Waals surface area contributed by atoms with E-state index in [-0.39, 0.29) is 0 Å². The molecule has 2 aliphatic heterocycles. The maximum atomic E-state index is 11.6. The average Bonchev–Trinajstić information content (AvgIpc) is 2.53. The topological polar surface area (TPSA) is 43.9 Å². The molecule has 0 radical (unpaired) electrons. The van der Waals surface area contributed by atoms with Gasteiger partial charge in [-0.1, -0.05) is 12.1 Å². The molecular weight excluding hydrogens is 322 g/mol. The molecule has 1 aromatic carbocycles. The van der Waals surface area contributed by atoms with Crippen molar-refractivity contribution in [3.8, 4) is 0 Å². The smallest absolute Gasteiger partial charge is 0.175 e. The Balaban J connectivity index is 1.67. The molecule has 2 saturated heterocycles. The Labute approximate surface area is 146 Å². The number of hydrogen-bond acceptors (Lipinski definition) is 5. The predicted octanol–water partition coefficient (Wildman–Crippen LogP) is 1.30. The minimum Gasteiger partial charge on any atom is -0.306 e. The fraction of sp³-hybridized carbons (Fsp3) is 0.667. The molecule has 2 heterocycles. The van der Waals surface area contributed by atoms with Crippen molar-refractivity contribution in [2.24, 2.45) is 0 Å². The second-order valence-electron chi connectivity index (χ2n) is 7.58. The molecule has 0 aliphatic carbocycles. The molecule has 0 aromatic heterocycles. The Kier molecular flexibility index (Phi) is 5.02. The van der Waals surface area contributed by atoms with E-state index < -0.39 is 9.84 Å². The van der Waals surface area contributed by atoms with Gasteiger partial charge in [0.25, 0.3) is 0 Å². The SMILES string of the molecule is CN1CCC2(CC1)CN(Cc1ccc(S(C)(=O)=O)cc1)CCN2C. The van der Waals surface area contributed by atoms with Gasteiger partial charge in [0.2, 0.25) is 0 Å². The third kappa shape index (κ3) is 3.82. The van der Waals surface area contributed by atoms with E-state index in [0.717, 1.165) is 26.2 Å². The molecular formula is C18H29N3O2S. The Bertz CT molecular complexity index is 664. The highest BCUT2D eigenvalue weighted by Gasteiger charge is 2.41. The van der Waals surface area contributed by atoms with Crippen LogP contribution in [-0.2, 0) is 16.4 Å². The molecule has 0 unspecified atom stereocenters. The van der Waals surface area contributed by atoms with Crippen LogP contribution in [0.15, 0.2) is 29.2 Å². The number of benzene rings is 1. The molecule has 5 nitrogen and oxygen atoms in total. The lowest BCUT2D eigenvalue weighted by molar-refractivity contribution is -0.0257. The van der Waals surface area contributed by atoms with E-state index in [1.165, 1.54) is 37.8 Å². The zero-order valence-corrected chi connectivity index (χ0v) is 15.8. The second kappa shape index (κ2) is 6.75. The third-order valence-corrected chi connectivity index (χ3v) is 6.88. The molecule has 134 valence electrons. The fourth-order valence-electron chi connectivity index (χ4n) is 3.95. The number of rotatable bonds is 3. The number of hydrogen-bond donors (Lipinski definition) is 0. The first-order chi connectivity index (χ1) is 11.3. The quantitative estimate of drug-likeness (QED) is 0.821. The van der Waals surface area contributed by atoms with Crippen molar-refractivity contribution in [1.82, 2.24) is 14.7 Å². The highest BCUT2D eigenvalue weighted by Crippen LogP contribution is 2.31. The Morgan fingerprint density at radius 2 is 1.62 bits per heavy atom. The van der Waals surface area contributed by atoms with Crippen LogP contribution in [0.25, 0.3) is 0 Å². The van der Waals surface area contributed by atoms with E-state index in [1.807, 2.05) is 12.1 Å². The van der Waals surface area contributed by atoms with E-state index in [2.05, 4.69) is 28.8 Å². The number of nitrogens with zero attached hydrogens (tertiary/aromatic N) is 3. The number of sulfone groups is 1. The van der Waals surface area contributed by atoms with Crippen LogP contribution in [0, 0.1) is 0 Å². The number of likely N-dealkylation sites (N-methyl/N-ethyl adjacent to an activating group) is 1. The molecule has 1 aromatic rings. The summed E-state index contributed by atoms with van der Waals surface area (Å²) in [6, 6.07) is 7.37. The van der Waals surface area contributed by atoms with E-state index in [9.17, 15) is 8.42 Å². The molecule has 3 rings (SSSR count). The van der Waals surface area contributed by atoms with Gasteiger partial charge in [-0.05, 0) is 57.7 Å². The van der Waals surface area contributed by atoms with Crippen LogP contribution in [-0.4, -0.2) is 81.7 Å². The molecule has 2 aliphatic rings. The Morgan fingerprint density at radius 1 is 1.00 bits per heavy atom. The minimum atomic E-state index is -3.11. The monoisotopic (exact) mass is 351 g/mol. The van der Waals surface area contributed by atoms with Gasteiger partial charge < -0.3 is 4.90 Å². The molecule has 0 atom stereocenters.